The van der Waals surface area contributed by atoms with Gasteiger partial charge >= 0.3 is 36.1 Å². The van der Waals surface area contributed by atoms with E-state index in [0.717, 1.165) is 0 Å². The molecular weight excluding hydrogens is 508 g/mol. The van der Waals surface area contributed by atoms with Crippen LogP contribution in [-0.2, 0) is 38.1 Å². The number of aliphatic carboxylic acids is 2. The lowest BCUT2D eigenvalue weighted by atomic mass is 9.97. The first-order valence-electron chi connectivity index (χ1n) is 11.9. The van der Waals surface area contributed by atoms with Gasteiger partial charge in [0.15, 0.2) is 0 Å². The Bertz CT molecular complexity index is 846. The number of carboxylic acid groups (broad SMARTS) is 2. The summed E-state index contributed by atoms with van der Waals surface area (Å²) in [5.74, 6) is -7.12. The minimum atomic E-state index is -1.12. The molecule has 0 aromatic heterocycles. The van der Waals surface area contributed by atoms with Crippen LogP contribution in [0.1, 0.15) is 41.5 Å². The molecule has 2 saturated heterocycles. The molecule has 0 saturated carbocycles. The standard InChI is InChI=1S/2C12H19NO6/c2*1-12(2,3)19-11(17)13-5-7(9(14)15)8(6-13)10(16)18-4/h2*7-8H,5-6H2,1-4H3,(H,14,15)/t2*7-,8-/m10/s1. The molecule has 216 valence electrons. The fourth-order valence-corrected chi connectivity index (χ4v) is 3.84. The summed E-state index contributed by atoms with van der Waals surface area (Å²) < 4.78 is 19.4. The average Bonchev–Trinajstić information content (AvgIpc) is 3.42. The van der Waals surface area contributed by atoms with Gasteiger partial charge in [0.1, 0.15) is 11.2 Å². The molecule has 0 aliphatic carbocycles. The van der Waals surface area contributed by atoms with E-state index in [1.807, 2.05) is 0 Å². The summed E-state index contributed by atoms with van der Waals surface area (Å²) in [6, 6.07) is 0. The van der Waals surface area contributed by atoms with E-state index < -0.39 is 70.9 Å². The fourth-order valence-electron chi connectivity index (χ4n) is 3.84. The SMILES string of the molecule is COC(=O)[C@@H]1CN(C(=O)OC(C)(C)C)C[C@H]1C(=O)O.COC(=O)[C@H]1CN(C(=O)OC(C)(C)C)C[C@@H]1C(=O)O. The first-order chi connectivity index (χ1) is 17.3. The predicted octanol–water partition coefficient (Wildman–Crippen LogP) is 1.45. The minimum Gasteiger partial charge on any atom is -0.481 e. The number of amides is 2. The van der Waals surface area contributed by atoms with Gasteiger partial charge in [-0.3, -0.25) is 19.2 Å². The number of carbonyl (C=O) groups excluding carboxylic acids is 4. The number of nitrogens with zero attached hydrogens (tertiary/aromatic N) is 2. The van der Waals surface area contributed by atoms with Crippen LogP contribution in [0.2, 0.25) is 0 Å². The lowest BCUT2D eigenvalue weighted by molar-refractivity contribution is -0.153. The van der Waals surface area contributed by atoms with Crippen LogP contribution in [0.4, 0.5) is 9.59 Å². The number of carboxylic acids is 2. The Morgan fingerprint density at radius 2 is 0.842 bits per heavy atom. The summed E-state index contributed by atoms with van der Waals surface area (Å²) >= 11 is 0. The third-order valence-corrected chi connectivity index (χ3v) is 5.59. The highest BCUT2D eigenvalue weighted by Gasteiger charge is 2.46. The van der Waals surface area contributed by atoms with E-state index in [9.17, 15) is 28.8 Å². The van der Waals surface area contributed by atoms with Gasteiger partial charge in [-0.15, -0.1) is 0 Å². The highest BCUT2D eigenvalue weighted by atomic mass is 16.6. The quantitative estimate of drug-likeness (QED) is 0.382. The fraction of sp³-hybridized carbons (Fsp3) is 0.750. The van der Waals surface area contributed by atoms with Crippen molar-refractivity contribution in [3.8, 4) is 0 Å². The van der Waals surface area contributed by atoms with Crippen molar-refractivity contribution >= 4 is 36.1 Å². The molecular formula is C24H38N2O12. The number of esters is 2. The summed E-state index contributed by atoms with van der Waals surface area (Å²) in [6.45, 7) is 10.2. The van der Waals surface area contributed by atoms with Gasteiger partial charge in [0, 0.05) is 26.2 Å². The predicted molar refractivity (Wildman–Crippen MR) is 129 cm³/mol. The smallest absolute Gasteiger partial charge is 0.410 e. The molecule has 14 heteroatoms. The topological polar surface area (TPSA) is 186 Å². The van der Waals surface area contributed by atoms with Crippen LogP contribution < -0.4 is 0 Å². The first-order valence-corrected chi connectivity index (χ1v) is 11.9. The molecule has 0 aromatic rings. The van der Waals surface area contributed by atoms with Gasteiger partial charge in [-0.2, -0.15) is 0 Å². The maximum Gasteiger partial charge on any atom is 0.410 e. The van der Waals surface area contributed by atoms with Crippen molar-refractivity contribution in [2.24, 2.45) is 23.7 Å². The van der Waals surface area contributed by atoms with E-state index in [4.69, 9.17) is 19.7 Å². The van der Waals surface area contributed by atoms with Gasteiger partial charge in [0.25, 0.3) is 0 Å². The molecule has 2 aliphatic rings. The number of methoxy groups -OCH3 is 2. The molecule has 38 heavy (non-hydrogen) atoms. The Hall–Kier alpha value is -3.58. The highest BCUT2D eigenvalue weighted by molar-refractivity contribution is 5.85. The van der Waals surface area contributed by atoms with E-state index in [1.54, 1.807) is 41.5 Å². The first kappa shape index (κ1) is 32.4. The molecule has 0 unspecified atom stereocenters. The van der Waals surface area contributed by atoms with Crippen LogP contribution in [0.15, 0.2) is 0 Å². The third-order valence-electron chi connectivity index (χ3n) is 5.59. The summed E-state index contributed by atoms with van der Waals surface area (Å²) in [7, 11) is 2.38. The normalized spacial score (nSPS) is 23.1. The van der Waals surface area contributed by atoms with Crippen LogP contribution in [0.5, 0.6) is 0 Å². The van der Waals surface area contributed by atoms with Crippen molar-refractivity contribution in [2.45, 2.75) is 52.7 Å². The molecule has 2 aliphatic heterocycles. The molecule has 0 aromatic carbocycles. The van der Waals surface area contributed by atoms with E-state index in [0.29, 0.717) is 0 Å². The molecule has 0 radical (unpaired) electrons. The van der Waals surface area contributed by atoms with Crippen molar-refractivity contribution in [1.82, 2.24) is 9.80 Å². The molecule has 2 amide bonds. The number of carbonyl (C=O) groups is 6. The Labute approximate surface area is 221 Å². The average molecular weight is 547 g/mol. The van der Waals surface area contributed by atoms with E-state index >= 15 is 0 Å². The van der Waals surface area contributed by atoms with E-state index in [-0.39, 0.29) is 26.2 Å². The van der Waals surface area contributed by atoms with E-state index in [2.05, 4.69) is 9.47 Å². The number of rotatable bonds is 4. The minimum absolute atomic E-state index is 0.00144. The number of ether oxygens (including phenoxy) is 4. The molecule has 2 heterocycles. The zero-order valence-corrected chi connectivity index (χ0v) is 23.0. The maximum atomic E-state index is 11.8. The van der Waals surface area contributed by atoms with Crippen LogP contribution in [0, 0.1) is 23.7 Å². The van der Waals surface area contributed by atoms with Crippen molar-refractivity contribution in [2.75, 3.05) is 40.4 Å². The lowest BCUT2D eigenvalue weighted by Crippen LogP contribution is -2.36. The van der Waals surface area contributed by atoms with Crippen LogP contribution in [0.25, 0.3) is 0 Å². The van der Waals surface area contributed by atoms with Crippen molar-refractivity contribution < 1.29 is 57.9 Å². The van der Waals surface area contributed by atoms with Crippen LogP contribution in [-0.4, -0.2) is 108 Å². The molecule has 14 nitrogen and oxygen atoms in total. The van der Waals surface area contributed by atoms with Crippen LogP contribution in [0.3, 0.4) is 0 Å². The molecule has 2 fully saturated rings. The molecule has 2 N–H and O–H groups in total. The number of hydrogen-bond acceptors (Lipinski definition) is 10. The van der Waals surface area contributed by atoms with Gasteiger partial charge in [-0.05, 0) is 41.5 Å². The Balaban J connectivity index is 0.000000380. The second-order valence-electron chi connectivity index (χ2n) is 10.9. The monoisotopic (exact) mass is 546 g/mol. The summed E-state index contributed by atoms with van der Waals surface area (Å²) in [6.07, 6.45) is -1.24. The lowest BCUT2D eigenvalue weighted by Gasteiger charge is -2.24. The summed E-state index contributed by atoms with van der Waals surface area (Å²) in [5.41, 5.74) is -1.34. The number of hydrogen-bond donors (Lipinski definition) is 2. The Kier molecular flexibility index (Phi) is 10.9. The van der Waals surface area contributed by atoms with E-state index in [1.165, 1.54) is 24.0 Å². The van der Waals surface area contributed by atoms with Gasteiger partial charge in [-0.25, -0.2) is 9.59 Å². The second kappa shape index (κ2) is 12.8. The molecule has 0 spiro atoms. The Morgan fingerprint density at radius 3 is 1.05 bits per heavy atom. The van der Waals surface area contributed by atoms with Crippen molar-refractivity contribution in [3.05, 3.63) is 0 Å². The van der Waals surface area contributed by atoms with Gasteiger partial charge < -0.3 is 39.0 Å². The third kappa shape index (κ3) is 9.38. The van der Waals surface area contributed by atoms with Crippen molar-refractivity contribution in [3.63, 3.8) is 0 Å². The van der Waals surface area contributed by atoms with Crippen molar-refractivity contribution in [1.29, 1.82) is 0 Å². The Morgan fingerprint density at radius 1 is 0.579 bits per heavy atom. The second-order valence-corrected chi connectivity index (χ2v) is 10.9. The summed E-state index contributed by atoms with van der Waals surface area (Å²) in [5, 5.41) is 18.1. The molecule has 0 bridgehead atoms. The molecule has 4 atom stereocenters. The zero-order chi connectivity index (χ0) is 29.6. The van der Waals surface area contributed by atoms with Crippen LogP contribution >= 0.6 is 0 Å². The molecule has 2 rings (SSSR count). The van der Waals surface area contributed by atoms with Gasteiger partial charge in [0.2, 0.25) is 0 Å². The number of likely N-dealkylation sites (tertiary alicyclic amines) is 2. The van der Waals surface area contributed by atoms with Gasteiger partial charge in [0.05, 0.1) is 37.9 Å². The summed E-state index contributed by atoms with van der Waals surface area (Å²) in [4.78, 5) is 71.4. The zero-order valence-electron chi connectivity index (χ0n) is 23.0. The highest BCUT2D eigenvalue weighted by Crippen LogP contribution is 2.27. The largest absolute Gasteiger partial charge is 0.481 e. The maximum absolute atomic E-state index is 11.8. The van der Waals surface area contributed by atoms with Gasteiger partial charge in [-0.1, -0.05) is 0 Å².